The summed E-state index contributed by atoms with van der Waals surface area (Å²) in [5, 5.41) is 4.10. The maximum Gasteiger partial charge on any atom is 0.349 e. The van der Waals surface area contributed by atoms with Gasteiger partial charge in [0.15, 0.2) is 0 Å². The second kappa shape index (κ2) is 7.48. The molecule has 1 N–H and O–H groups in total. The Morgan fingerprint density at radius 3 is 2.42 bits per heavy atom. The molecule has 0 fully saturated rings. The molecule has 0 spiro atoms. The molecule has 1 aliphatic heterocycles. The van der Waals surface area contributed by atoms with Crippen molar-refractivity contribution in [3.05, 3.63) is 39.2 Å². The van der Waals surface area contributed by atoms with E-state index in [0.29, 0.717) is 12.4 Å². The number of amides is 1. The second-order valence-electron chi connectivity index (χ2n) is 9.13. The van der Waals surface area contributed by atoms with E-state index in [9.17, 15) is 9.59 Å². The molecule has 2 heterocycles. The van der Waals surface area contributed by atoms with Crippen molar-refractivity contribution in [1.29, 1.82) is 0 Å². The zero-order valence-electron chi connectivity index (χ0n) is 17.1. The van der Waals surface area contributed by atoms with Crippen molar-refractivity contribution < 1.29 is 4.79 Å². The smallest absolute Gasteiger partial charge is 0.311 e. The molecule has 0 saturated heterocycles. The first-order valence-corrected chi connectivity index (χ1v) is 16.3. The summed E-state index contributed by atoms with van der Waals surface area (Å²) in [4.78, 5) is 27.8. The van der Waals surface area contributed by atoms with E-state index >= 15 is 0 Å². The van der Waals surface area contributed by atoms with Crippen molar-refractivity contribution in [2.24, 2.45) is 0 Å². The van der Waals surface area contributed by atoms with Crippen LogP contribution in [0.2, 0.25) is 39.3 Å². The SMILES string of the molecule is CC(=O)Nc1cc2n(c(=O)n1)CCC/C2=C/C(=C/[Si](C)(C)C)[Si](C)(C)C. The molecule has 0 saturated carbocycles. The van der Waals surface area contributed by atoms with Crippen LogP contribution in [0.3, 0.4) is 0 Å². The minimum absolute atomic E-state index is 0.218. The van der Waals surface area contributed by atoms with Gasteiger partial charge in [0.05, 0.1) is 21.8 Å². The van der Waals surface area contributed by atoms with E-state index in [-0.39, 0.29) is 11.6 Å². The quantitative estimate of drug-likeness (QED) is 0.790. The Morgan fingerprint density at radius 1 is 1.23 bits per heavy atom. The number of nitrogens with zero attached hydrogens (tertiary/aromatic N) is 2. The molecule has 0 atom stereocenters. The molecule has 2 rings (SSSR count). The predicted molar refractivity (Wildman–Crippen MR) is 115 cm³/mol. The van der Waals surface area contributed by atoms with Gasteiger partial charge in [-0.3, -0.25) is 9.36 Å². The number of anilines is 1. The highest BCUT2D eigenvalue weighted by Gasteiger charge is 2.24. The maximum atomic E-state index is 12.4. The summed E-state index contributed by atoms with van der Waals surface area (Å²) < 4.78 is 1.73. The third-order valence-corrected chi connectivity index (χ3v) is 7.74. The molecule has 7 heteroatoms. The lowest BCUT2D eigenvalue weighted by Gasteiger charge is -2.26. The van der Waals surface area contributed by atoms with Gasteiger partial charge < -0.3 is 5.32 Å². The van der Waals surface area contributed by atoms with Crippen LogP contribution in [0.15, 0.2) is 27.8 Å². The Morgan fingerprint density at radius 2 is 1.88 bits per heavy atom. The van der Waals surface area contributed by atoms with E-state index in [1.54, 1.807) is 4.57 Å². The van der Waals surface area contributed by atoms with E-state index in [1.807, 2.05) is 6.07 Å². The van der Waals surface area contributed by atoms with Crippen LogP contribution in [0.1, 0.15) is 25.5 Å². The zero-order chi connectivity index (χ0) is 19.7. The molecule has 0 aromatic carbocycles. The van der Waals surface area contributed by atoms with E-state index in [0.717, 1.165) is 18.5 Å². The highest BCUT2D eigenvalue weighted by molar-refractivity contribution is 6.88. The number of nitrogens with one attached hydrogen (secondary N) is 1. The van der Waals surface area contributed by atoms with Crippen LogP contribution in [0, 0.1) is 0 Å². The van der Waals surface area contributed by atoms with Crippen LogP contribution in [-0.2, 0) is 11.3 Å². The van der Waals surface area contributed by atoms with Crippen LogP contribution in [0.4, 0.5) is 5.82 Å². The first kappa shape index (κ1) is 20.6. The minimum atomic E-state index is -1.51. The molecule has 0 unspecified atom stereocenters. The summed E-state index contributed by atoms with van der Waals surface area (Å²) in [5.41, 5.74) is 4.27. The monoisotopic (exact) mass is 389 g/mol. The summed E-state index contributed by atoms with van der Waals surface area (Å²) in [6.45, 7) is 16.2. The third-order valence-electron chi connectivity index (χ3n) is 4.26. The number of aromatic nitrogens is 2. The van der Waals surface area contributed by atoms with Gasteiger partial charge in [-0.05, 0) is 18.4 Å². The van der Waals surface area contributed by atoms with Gasteiger partial charge >= 0.3 is 5.69 Å². The Hall–Kier alpha value is -1.74. The Bertz CT molecular complexity index is 825. The fraction of sp³-hybridized carbons (Fsp3) is 0.526. The van der Waals surface area contributed by atoms with E-state index in [2.05, 4.69) is 61.4 Å². The van der Waals surface area contributed by atoms with E-state index in [4.69, 9.17) is 0 Å². The van der Waals surface area contributed by atoms with Crippen molar-refractivity contribution in [3.63, 3.8) is 0 Å². The van der Waals surface area contributed by atoms with Gasteiger partial charge in [-0.2, -0.15) is 4.98 Å². The summed E-state index contributed by atoms with van der Waals surface area (Å²) in [5.74, 6) is 0.120. The maximum absolute atomic E-state index is 12.4. The third kappa shape index (κ3) is 5.38. The Kier molecular flexibility index (Phi) is 5.92. The lowest BCUT2D eigenvalue weighted by molar-refractivity contribution is -0.114. The van der Waals surface area contributed by atoms with Gasteiger partial charge in [-0.25, -0.2) is 4.79 Å². The summed E-state index contributed by atoms with van der Waals surface area (Å²) in [6.07, 6.45) is 4.19. The molecule has 1 aliphatic rings. The molecule has 1 aromatic heterocycles. The van der Waals surface area contributed by atoms with Crippen molar-refractivity contribution in [2.75, 3.05) is 5.32 Å². The number of allylic oxidation sites excluding steroid dienone is 3. The molecule has 0 radical (unpaired) electrons. The van der Waals surface area contributed by atoms with Crippen LogP contribution in [-0.4, -0.2) is 31.6 Å². The van der Waals surface area contributed by atoms with Crippen molar-refractivity contribution in [1.82, 2.24) is 9.55 Å². The second-order valence-corrected chi connectivity index (χ2v) is 19.2. The molecule has 0 bridgehead atoms. The van der Waals surface area contributed by atoms with Gasteiger partial charge in [-0.15, -0.1) is 0 Å². The van der Waals surface area contributed by atoms with E-state index in [1.165, 1.54) is 17.7 Å². The van der Waals surface area contributed by atoms with Gasteiger partial charge in [0, 0.05) is 19.5 Å². The number of rotatable bonds is 4. The largest absolute Gasteiger partial charge is 0.349 e. The van der Waals surface area contributed by atoms with Crippen LogP contribution in [0.25, 0.3) is 5.57 Å². The van der Waals surface area contributed by atoms with Gasteiger partial charge in [0.2, 0.25) is 5.91 Å². The number of hydrogen-bond donors (Lipinski definition) is 1. The van der Waals surface area contributed by atoms with Crippen molar-refractivity contribution in [2.45, 2.75) is 65.6 Å². The van der Waals surface area contributed by atoms with Crippen molar-refractivity contribution >= 4 is 33.4 Å². The minimum Gasteiger partial charge on any atom is -0.311 e. The molecule has 0 aliphatic carbocycles. The number of carbonyl (C=O) groups excluding carboxylic acids is 1. The predicted octanol–water partition coefficient (Wildman–Crippen LogP) is 4.06. The summed E-state index contributed by atoms with van der Waals surface area (Å²) in [6, 6.07) is 1.84. The standard InChI is InChI=1S/C19H31N3O2Si2/c1-14(23)20-18-12-17-15(9-8-10-22(17)19(24)21-18)11-16(26(5,6)7)13-25(2,3)4/h11-13H,8-10H2,1-7H3,(H,20,21,23,24)/b15-11-,16-13-. The Balaban J connectivity index is 2.61. The zero-order valence-corrected chi connectivity index (χ0v) is 19.1. The van der Waals surface area contributed by atoms with Crippen LogP contribution >= 0.6 is 0 Å². The topological polar surface area (TPSA) is 64.0 Å². The number of carbonyl (C=O) groups is 1. The molecule has 1 amide bonds. The lowest BCUT2D eigenvalue weighted by atomic mass is 10.0. The highest BCUT2D eigenvalue weighted by Crippen LogP contribution is 2.30. The van der Waals surface area contributed by atoms with Gasteiger partial charge in [-0.1, -0.05) is 56.3 Å². The number of hydrogen-bond acceptors (Lipinski definition) is 3. The summed E-state index contributed by atoms with van der Waals surface area (Å²) >= 11 is 0. The first-order valence-electron chi connectivity index (χ1n) is 9.20. The van der Waals surface area contributed by atoms with Crippen LogP contribution < -0.4 is 11.0 Å². The molecular formula is C19H31N3O2Si2. The molecule has 1 aromatic rings. The average Bonchev–Trinajstić information content (AvgIpc) is 2.44. The van der Waals surface area contributed by atoms with Gasteiger partial charge in [0.25, 0.3) is 0 Å². The van der Waals surface area contributed by atoms with Gasteiger partial charge in [0.1, 0.15) is 5.82 Å². The molecule has 5 nitrogen and oxygen atoms in total. The van der Waals surface area contributed by atoms with Crippen molar-refractivity contribution in [3.8, 4) is 0 Å². The molecular weight excluding hydrogens is 358 g/mol. The first-order chi connectivity index (χ1) is 11.9. The van der Waals surface area contributed by atoms with E-state index < -0.39 is 16.1 Å². The lowest BCUT2D eigenvalue weighted by Crippen LogP contribution is -2.31. The Labute approximate surface area is 158 Å². The summed E-state index contributed by atoms with van der Waals surface area (Å²) in [7, 11) is -2.87. The average molecular weight is 390 g/mol. The van der Waals surface area contributed by atoms with Crippen LogP contribution in [0.5, 0.6) is 0 Å². The molecule has 142 valence electrons. The fourth-order valence-electron chi connectivity index (χ4n) is 3.06. The molecule has 26 heavy (non-hydrogen) atoms. The fourth-order valence-corrected chi connectivity index (χ4v) is 7.72. The highest BCUT2D eigenvalue weighted by atomic mass is 28.3. The normalized spacial score (nSPS) is 17.2. The number of fused-ring (bicyclic) bond motifs is 1.